The van der Waals surface area contributed by atoms with Crippen molar-refractivity contribution >= 4 is 12.4 Å². The predicted octanol–water partition coefficient (Wildman–Crippen LogP) is -9.08. The second-order valence-corrected chi connectivity index (χ2v) is 17.1. The van der Waals surface area contributed by atoms with E-state index < -0.39 is 198 Å². The van der Waals surface area contributed by atoms with Crippen LogP contribution in [0.1, 0.15) is 33.1 Å². The van der Waals surface area contributed by atoms with Gasteiger partial charge in [-0.05, 0) is 12.8 Å². The zero-order valence-electron chi connectivity index (χ0n) is 37.2. The highest BCUT2D eigenvalue weighted by Gasteiger charge is 2.58. The van der Waals surface area contributed by atoms with Crippen molar-refractivity contribution in [2.45, 2.75) is 174 Å². The number of aliphatic hydroxyl groups is 13. The summed E-state index contributed by atoms with van der Waals surface area (Å²) < 4.78 is 63.1. The average Bonchev–Trinajstić information content (AvgIpc) is 3.29. The van der Waals surface area contributed by atoms with E-state index >= 15 is 0 Å². The standard InChI is InChI=1S/C39H67NO26.H2O/c1-14-18(49)8-39(58-13-46,65-30(14)17(48)5-6-41)66-34-24(50)16(9-42)7-19(25(34)51)59-31-20(10-43)60-36(23(26(31)52)40-15(2)47)64-35-29(55)38(62-22(12-45)33(35)56-3)63-32-21(11-44)61-37(57-4)28(54)27(32)53;/h13-14,16-38,41-45,48-55H,5-12H2,1-4H3,(H,40,47);1H2. The molecule has 0 aromatic heterocycles. The minimum Gasteiger partial charge on any atom is -0.412 e. The summed E-state index contributed by atoms with van der Waals surface area (Å²) in [6.07, 6.45) is -34.9. The molecule has 1 saturated carbocycles. The highest BCUT2D eigenvalue weighted by Crippen LogP contribution is 2.42. The van der Waals surface area contributed by atoms with Gasteiger partial charge in [0.25, 0.3) is 6.47 Å². The Hall–Kier alpha value is -2.02. The van der Waals surface area contributed by atoms with E-state index in [4.69, 9.17) is 52.1 Å². The fourth-order valence-corrected chi connectivity index (χ4v) is 9.19. The molecule has 392 valence electrons. The van der Waals surface area contributed by atoms with Crippen molar-refractivity contribution in [3.05, 3.63) is 0 Å². The molecule has 28 nitrogen and oxygen atoms in total. The molecule has 67 heavy (non-hydrogen) atoms. The second-order valence-electron chi connectivity index (χ2n) is 17.1. The Morgan fingerprint density at radius 3 is 1.85 bits per heavy atom. The quantitative estimate of drug-likeness (QED) is 0.0398. The van der Waals surface area contributed by atoms with Gasteiger partial charge in [0.2, 0.25) is 5.91 Å². The van der Waals surface area contributed by atoms with Crippen LogP contribution < -0.4 is 5.32 Å². The maximum atomic E-state index is 12.6. The van der Waals surface area contributed by atoms with Crippen LogP contribution in [0.15, 0.2) is 0 Å². The van der Waals surface area contributed by atoms with E-state index in [0.717, 1.165) is 6.92 Å². The van der Waals surface area contributed by atoms with Crippen molar-refractivity contribution in [3.63, 3.8) is 0 Å². The number of carbonyl (C=O) groups excluding carboxylic acids is 2. The number of methoxy groups -OCH3 is 2. The Labute approximate surface area is 384 Å². The molecule has 1 aliphatic carbocycles. The number of rotatable bonds is 20. The van der Waals surface area contributed by atoms with Gasteiger partial charge in [0.1, 0.15) is 85.4 Å². The topological polar surface area (TPSA) is 442 Å². The highest BCUT2D eigenvalue weighted by molar-refractivity contribution is 5.73. The van der Waals surface area contributed by atoms with Gasteiger partial charge in [-0.25, -0.2) is 0 Å². The fraction of sp³-hybridized carbons (Fsp3) is 0.949. The maximum Gasteiger partial charge on any atom is 0.332 e. The van der Waals surface area contributed by atoms with Gasteiger partial charge in [0.05, 0.1) is 56.8 Å². The number of ether oxygens (including phenoxy) is 11. The van der Waals surface area contributed by atoms with Crippen molar-refractivity contribution in [3.8, 4) is 0 Å². The molecule has 4 heterocycles. The largest absolute Gasteiger partial charge is 0.412 e. The van der Waals surface area contributed by atoms with E-state index in [1.54, 1.807) is 0 Å². The first-order chi connectivity index (χ1) is 31.4. The molecule has 25 atom stereocenters. The minimum absolute atomic E-state index is 0. The van der Waals surface area contributed by atoms with Gasteiger partial charge in [-0.3, -0.25) is 9.59 Å². The molecule has 0 bridgehead atoms. The molecule has 0 aromatic rings. The smallest absolute Gasteiger partial charge is 0.332 e. The molecule has 1 amide bonds. The molecule has 0 spiro atoms. The summed E-state index contributed by atoms with van der Waals surface area (Å²) in [5.74, 6) is -5.23. The third kappa shape index (κ3) is 12.5. The molecule has 4 aliphatic heterocycles. The van der Waals surface area contributed by atoms with Crippen LogP contribution >= 0.6 is 0 Å². The van der Waals surface area contributed by atoms with E-state index in [2.05, 4.69) is 5.32 Å². The van der Waals surface area contributed by atoms with Gasteiger partial charge in [0.15, 0.2) is 18.9 Å². The van der Waals surface area contributed by atoms with Gasteiger partial charge in [0, 0.05) is 46.2 Å². The van der Waals surface area contributed by atoms with Crippen molar-refractivity contribution in [2.24, 2.45) is 11.8 Å². The van der Waals surface area contributed by atoms with Gasteiger partial charge in [-0.2, -0.15) is 0 Å². The van der Waals surface area contributed by atoms with Gasteiger partial charge in [-0.1, -0.05) is 6.92 Å². The molecular weight excluding hydrogens is 914 g/mol. The minimum atomic E-state index is -2.54. The lowest BCUT2D eigenvalue weighted by Crippen LogP contribution is -2.70. The third-order valence-corrected chi connectivity index (χ3v) is 12.8. The van der Waals surface area contributed by atoms with Crippen molar-refractivity contribution in [1.82, 2.24) is 5.32 Å². The summed E-state index contributed by atoms with van der Waals surface area (Å²) in [5, 5.41) is 143. The van der Waals surface area contributed by atoms with Crippen LogP contribution in [0.3, 0.4) is 0 Å². The van der Waals surface area contributed by atoms with Gasteiger partial charge < -0.3 is 129 Å². The zero-order valence-corrected chi connectivity index (χ0v) is 37.2. The zero-order chi connectivity index (χ0) is 48.8. The molecule has 0 radical (unpaired) electrons. The third-order valence-electron chi connectivity index (χ3n) is 12.8. The van der Waals surface area contributed by atoms with Crippen LogP contribution in [0.4, 0.5) is 0 Å². The van der Waals surface area contributed by atoms with Crippen LogP contribution in [0.2, 0.25) is 0 Å². The number of carbonyl (C=O) groups is 2. The molecule has 4 saturated heterocycles. The van der Waals surface area contributed by atoms with Crippen LogP contribution in [0, 0.1) is 11.8 Å². The molecule has 0 aromatic carbocycles. The summed E-state index contributed by atoms with van der Waals surface area (Å²) in [7, 11) is 2.37. The number of aliphatic hydroxyl groups excluding tert-OH is 13. The average molecular weight is 984 g/mol. The first-order valence-corrected chi connectivity index (χ1v) is 21.6. The summed E-state index contributed by atoms with van der Waals surface area (Å²) in [4.78, 5) is 24.4. The van der Waals surface area contributed by atoms with E-state index in [9.17, 15) is 76.0 Å². The Bertz CT molecular complexity index is 1510. The number of nitrogens with one attached hydrogen (secondary N) is 1. The normalized spacial score (nSPS) is 46.5. The molecule has 28 heteroatoms. The first-order valence-electron chi connectivity index (χ1n) is 21.6. The summed E-state index contributed by atoms with van der Waals surface area (Å²) in [6, 6.07) is -1.62. The number of amides is 1. The van der Waals surface area contributed by atoms with Crippen LogP contribution in [-0.2, 0) is 61.7 Å². The summed E-state index contributed by atoms with van der Waals surface area (Å²) >= 11 is 0. The fourth-order valence-electron chi connectivity index (χ4n) is 9.19. The lowest BCUT2D eigenvalue weighted by molar-refractivity contribution is -0.437. The lowest BCUT2D eigenvalue weighted by atomic mass is 9.80. The molecule has 25 unspecified atom stereocenters. The van der Waals surface area contributed by atoms with Crippen LogP contribution in [-0.4, -0.2) is 272 Å². The lowest BCUT2D eigenvalue weighted by Gasteiger charge is -2.51. The molecule has 5 aliphatic rings. The van der Waals surface area contributed by atoms with Crippen LogP contribution in [0.25, 0.3) is 0 Å². The van der Waals surface area contributed by atoms with E-state index in [-0.39, 0.29) is 24.8 Å². The first kappa shape index (κ1) is 57.6. The Morgan fingerprint density at radius 2 is 1.30 bits per heavy atom. The Balaban J connectivity index is 0.00000980. The summed E-state index contributed by atoms with van der Waals surface area (Å²) in [6.45, 7) is -1.16. The van der Waals surface area contributed by atoms with Gasteiger partial charge >= 0.3 is 5.97 Å². The van der Waals surface area contributed by atoms with Crippen molar-refractivity contribution in [1.29, 1.82) is 0 Å². The van der Waals surface area contributed by atoms with E-state index in [0.29, 0.717) is 0 Å². The highest BCUT2D eigenvalue weighted by atomic mass is 16.9. The molecule has 5 rings (SSSR count). The predicted molar refractivity (Wildman–Crippen MR) is 213 cm³/mol. The molecule has 5 fully saturated rings. The molecular formula is C39H69NO27. The Morgan fingerprint density at radius 1 is 0.716 bits per heavy atom. The van der Waals surface area contributed by atoms with Crippen molar-refractivity contribution < 1.29 is 134 Å². The Kier molecular flexibility index (Phi) is 21.8. The monoisotopic (exact) mass is 983 g/mol. The van der Waals surface area contributed by atoms with E-state index in [1.165, 1.54) is 21.1 Å². The molecule has 16 N–H and O–H groups in total. The SMILES string of the molecule is COC1OC(CO)C(OC2OC(CO)C(OC)C(OC3OC(CO)C(OC4CC(CO)C(O)C(OC5(OC=O)CC(O)C(C)C(C(O)CCO)O5)C4O)C(O)C3NC(C)=O)C2O)C(O)C1O.O. The van der Waals surface area contributed by atoms with Gasteiger partial charge in [-0.15, -0.1) is 0 Å². The summed E-state index contributed by atoms with van der Waals surface area (Å²) in [5.41, 5.74) is 0. The van der Waals surface area contributed by atoms with Crippen LogP contribution in [0.5, 0.6) is 0 Å². The van der Waals surface area contributed by atoms with E-state index in [1.807, 2.05) is 0 Å². The second kappa shape index (κ2) is 25.4. The van der Waals surface area contributed by atoms with Crippen molar-refractivity contribution in [2.75, 3.05) is 47.3 Å². The number of hydrogen-bond acceptors (Lipinski definition) is 26. The maximum absolute atomic E-state index is 12.6. The number of hydrogen-bond donors (Lipinski definition) is 14.